The Morgan fingerprint density at radius 3 is 2.89 bits per heavy atom. The van der Waals surface area contributed by atoms with Crippen LogP contribution in [0.3, 0.4) is 0 Å². The summed E-state index contributed by atoms with van der Waals surface area (Å²) in [4.78, 5) is 2.10. The summed E-state index contributed by atoms with van der Waals surface area (Å²) in [7, 11) is 0. The summed E-state index contributed by atoms with van der Waals surface area (Å²) in [6, 6.07) is 8.03. The molecular formula is C17H15ClN8O. The van der Waals surface area contributed by atoms with Crippen LogP contribution >= 0.6 is 11.8 Å². The first kappa shape index (κ1) is 15.2. The molecule has 4 heterocycles. The molecule has 9 nitrogen and oxygen atoms in total. The lowest BCUT2D eigenvalue weighted by atomic mass is 10.1. The summed E-state index contributed by atoms with van der Waals surface area (Å²) in [5.41, 5.74) is 2.16. The van der Waals surface area contributed by atoms with E-state index in [4.69, 9.17) is 11.8 Å². The first-order chi connectivity index (χ1) is 13.1. The number of anilines is 1. The maximum atomic E-state index is 10.3. The Morgan fingerprint density at radius 1 is 1.19 bits per heavy atom. The van der Waals surface area contributed by atoms with Crippen LogP contribution in [-0.2, 0) is 6.42 Å². The SMILES string of the molecule is OC1(Cc2cnnn2-c2nnc3n2C2=CN(Cl)CN2c2ccccc2-3)CC1. The topological polar surface area (TPSA) is 88.1 Å². The van der Waals surface area contributed by atoms with Gasteiger partial charge < -0.3 is 10.0 Å². The van der Waals surface area contributed by atoms with Crippen LogP contribution in [0.15, 0.2) is 36.7 Å². The van der Waals surface area contributed by atoms with Crippen molar-refractivity contribution in [2.75, 3.05) is 11.6 Å². The van der Waals surface area contributed by atoms with E-state index in [9.17, 15) is 5.11 Å². The highest BCUT2D eigenvalue weighted by Crippen LogP contribution is 2.43. The molecule has 1 saturated carbocycles. The highest BCUT2D eigenvalue weighted by Gasteiger charge is 2.42. The monoisotopic (exact) mass is 382 g/mol. The molecule has 0 atom stereocenters. The number of nitrogens with zero attached hydrogens (tertiary/aromatic N) is 8. The summed E-state index contributed by atoms with van der Waals surface area (Å²) in [5.74, 6) is 2.10. The highest BCUT2D eigenvalue weighted by molar-refractivity contribution is 6.15. The van der Waals surface area contributed by atoms with Gasteiger partial charge in [-0.25, -0.2) is 4.57 Å². The lowest BCUT2D eigenvalue weighted by molar-refractivity contribution is 0.149. The van der Waals surface area contributed by atoms with Crippen molar-refractivity contribution in [1.82, 2.24) is 34.2 Å². The maximum absolute atomic E-state index is 10.3. The molecule has 1 fully saturated rings. The minimum Gasteiger partial charge on any atom is -0.389 e. The van der Waals surface area contributed by atoms with Crippen LogP contribution in [0.5, 0.6) is 0 Å². The van der Waals surface area contributed by atoms with Gasteiger partial charge in [-0.2, -0.15) is 4.68 Å². The number of halogens is 1. The molecule has 0 spiro atoms. The summed E-state index contributed by atoms with van der Waals surface area (Å²) < 4.78 is 5.18. The third-order valence-corrected chi connectivity index (χ3v) is 5.47. The second-order valence-corrected chi connectivity index (χ2v) is 7.61. The van der Waals surface area contributed by atoms with Crippen molar-refractivity contribution in [3.8, 4) is 17.3 Å². The van der Waals surface area contributed by atoms with Crippen molar-refractivity contribution in [3.05, 3.63) is 42.4 Å². The number of aliphatic hydroxyl groups is 1. The molecule has 0 radical (unpaired) electrons. The molecular weight excluding hydrogens is 368 g/mol. The summed E-state index contributed by atoms with van der Waals surface area (Å²) >= 11 is 6.28. The van der Waals surface area contributed by atoms with Crippen molar-refractivity contribution in [2.24, 2.45) is 0 Å². The largest absolute Gasteiger partial charge is 0.389 e. The third kappa shape index (κ3) is 2.15. The van der Waals surface area contributed by atoms with Gasteiger partial charge in [0.2, 0.25) is 0 Å². The van der Waals surface area contributed by atoms with E-state index in [0.29, 0.717) is 19.0 Å². The lowest BCUT2D eigenvalue weighted by Crippen LogP contribution is -2.29. The van der Waals surface area contributed by atoms with Crippen molar-refractivity contribution < 1.29 is 5.11 Å². The zero-order chi connectivity index (χ0) is 18.2. The molecule has 2 aromatic heterocycles. The molecule has 0 amide bonds. The van der Waals surface area contributed by atoms with Gasteiger partial charge in [0.25, 0.3) is 5.95 Å². The number of hydrogen-bond donors (Lipinski definition) is 1. The van der Waals surface area contributed by atoms with E-state index < -0.39 is 5.60 Å². The fraction of sp³-hybridized carbons (Fsp3) is 0.294. The Labute approximate surface area is 159 Å². The standard InChI is InChI=1S/C17H15ClN8O/c18-23-9-14-24(10-23)13-4-2-1-3-12(13)15-20-21-16(25(14)15)26-11(8-19-22-26)7-17(27)5-6-17/h1-4,8-9,27H,5-7,10H2. The zero-order valence-corrected chi connectivity index (χ0v) is 15.0. The van der Waals surface area contributed by atoms with E-state index in [1.54, 1.807) is 15.3 Å². The fourth-order valence-electron chi connectivity index (χ4n) is 3.72. The molecule has 0 bridgehead atoms. The molecule has 6 rings (SSSR count). The zero-order valence-electron chi connectivity index (χ0n) is 14.2. The van der Waals surface area contributed by atoms with Crippen LogP contribution in [0.25, 0.3) is 23.2 Å². The molecule has 1 N–H and O–H groups in total. The Hall–Kier alpha value is -2.91. The van der Waals surface area contributed by atoms with Gasteiger partial charge in [-0.05, 0) is 25.0 Å². The third-order valence-electron chi connectivity index (χ3n) is 5.27. The Morgan fingerprint density at radius 2 is 2.04 bits per heavy atom. The van der Waals surface area contributed by atoms with E-state index in [-0.39, 0.29) is 0 Å². The summed E-state index contributed by atoms with van der Waals surface area (Å²) in [6.45, 7) is 0.523. The number of fused-ring (bicyclic) bond motifs is 6. The van der Waals surface area contributed by atoms with Gasteiger partial charge in [0, 0.05) is 23.8 Å². The van der Waals surface area contributed by atoms with Gasteiger partial charge in [0.05, 0.1) is 29.4 Å². The van der Waals surface area contributed by atoms with Crippen LogP contribution in [0.2, 0.25) is 0 Å². The first-order valence-corrected chi connectivity index (χ1v) is 9.06. The molecule has 3 aliphatic rings. The minimum atomic E-state index is -0.650. The normalized spacial score (nSPS) is 18.8. The van der Waals surface area contributed by atoms with Gasteiger partial charge >= 0.3 is 0 Å². The van der Waals surface area contributed by atoms with Gasteiger partial charge in [0.15, 0.2) is 5.82 Å². The number of benzene rings is 1. The minimum absolute atomic E-state index is 0.489. The van der Waals surface area contributed by atoms with Crippen molar-refractivity contribution >= 4 is 23.3 Å². The van der Waals surface area contributed by atoms with Crippen LogP contribution in [0.4, 0.5) is 5.69 Å². The summed E-state index contributed by atoms with van der Waals surface area (Å²) in [5, 5.41) is 27.4. The van der Waals surface area contributed by atoms with Crippen LogP contribution < -0.4 is 4.90 Å². The van der Waals surface area contributed by atoms with E-state index >= 15 is 0 Å². The molecule has 10 heteroatoms. The molecule has 1 aliphatic carbocycles. The lowest BCUT2D eigenvalue weighted by Gasteiger charge is -2.30. The Balaban J connectivity index is 1.55. The van der Waals surface area contributed by atoms with Crippen molar-refractivity contribution in [1.29, 1.82) is 0 Å². The second kappa shape index (κ2) is 5.08. The number of rotatable bonds is 3. The van der Waals surface area contributed by atoms with Crippen LogP contribution in [0, 0.1) is 0 Å². The van der Waals surface area contributed by atoms with Crippen molar-refractivity contribution in [2.45, 2.75) is 24.9 Å². The molecule has 0 unspecified atom stereocenters. The second-order valence-electron chi connectivity index (χ2n) is 7.17. The van der Waals surface area contributed by atoms with E-state index in [1.165, 1.54) is 0 Å². The van der Waals surface area contributed by atoms with Gasteiger partial charge in [-0.15, -0.1) is 15.3 Å². The predicted octanol–water partition coefficient (Wildman–Crippen LogP) is 1.60. The summed E-state index contributed by atoms with van der Waals surface area (Å²) in [6.07, 6.45) is 5.60. The molecule has 136 valence electrons. The molecule has 27 heavy (non-hydrogen) atoms. The predicted molar refractivity (Wildman–Crippen MR) is 97.6 cm³/mol. The van der Waals surface area contributed by atoms with Gasteiger partial charge in [-0.1, -0.05) is 17.3 Å². The number of para-hydroxylation sites is 1. The van der Waals surface area contributed by atoms with E-state index in [0.717, 1.165) is 41.4 Å². The highest BCUT2D eigenvalue weighted by atomic mass is 35.5. The molecule has 2 aliphatic heterocycles. The fourth-order valence-corrected chi connectivity index (χ4v) is 3.92. The van der Waals surface area contributed by atoms with Gasteiger partial charge in [0.1, 0.15) is 12.5 Å². The number of aromatic nitrogens is 6. The number of hydrogen-bond acceptors (Lipinski definition) is 7. The van der Waals surface area contributed by atoms with Gasteiger partial charge in [-0.3, -0.25) is 4.42 Å². The van der Waals surface area contributed by atoms with Crippen molar-refractivity contribution in [3.63, 3.8) is 0 Å². The average Bonchev–Trinajstić information content (AvgIpc) is 3.05. The van der Waals surface area contributed by atoms with Crippen LogP contribution in [-0.4, -0.2) is 51.6 Å². The smallest absolute Gasteiger partial charge is 0.259 e. The van der Waals surface area contributed by atoms with Crippen LogP contribution in [0.1, 0.15) is 18.5 Å². The Kier molecular flexibility index (Phi) is 2.86. The van der Waals surface area contributed by atoms with E-state index in [1.807, 2.05) is 35.0 Å². The molecule has 1 aromatic carbocycles. The van der Waals surface area contributed by atoms with E-state index in [2.05, 4.69) is 25.4 Å². The Bertz CT molecular complexity index is 1100. The maximum Gasteiger partial charge on any atom is 0.259 e. The quantitative estimate of drug-likeness (QED) is 0.688. The first-order valence-electron chi connectivity index (χ1n) is 8.72. The molecule has 0 saturated heterocycles. The molecule has 3 aromatic rings. The average molecular weight is 383 g/mol.